The lowest BCUT2D eigenvalue weighted by Crippen LogP contribution is -2.08. The summed E-state index contributed by atoms with van der Waals surface area (Å²) in [5, 5.41) is 2.77. The second kappa shape index (κ2) is 8.63. The number of hydrogen-bond acceptors (Lipinski definition) is 5. The maximum atomic E-state index is 12.2. The van der Waals surface area contributed by atoms with Gasteiger partial charge in [0.2, 0.25) is 5.91 Å². The highest BCUT2D eigenvalue weighted by Gasteiger charge is 2.05. The van der Waals surface area contributed by atoms with Gasteiger partial charge in [0.25, 0.3) is 0 Å². The molecule has 6 nitrogen and oxygen atoms in total. The number of methoxy groups -OCH3 is 4. The Morgan fingerprint density at radius 3 is 1.64 bits per heavy atom. The molecule has 0 spiro atoms. The number of carbonyl (C=O) groups excluding carboxylic acids is 1. The number of carbonyl (C=O) groups is 1. The Bertz CT molecular complexity index is 726. The van der Waals surface area contributed by atoms with Crippen molar-refractivity contribution in [3.05, 3.63) is 48.0 Å². The number of benzene rings is 2. The minimum absolute atomic E-state index is 0.280. The highest BCUT2D eigenvalue weighted by Crippen LogP contribution is 2.26. The molecule has 1 amide bonds. The van der Waals surface area contributed by atoms with Crippen molar-refractivity contribution < 1.29 is 23.7 Å². The Morgan fingerprint density at radius 2 is 1.20 bits per heavy atom. The summed E-state index contributed by atoms with van der Waals surface area (Å²) in [7, 11) is 6.25. The quantitative estimate of drug-likeness (QED) is 0.781. The Balaban J connectivity index is 2.13. The van der Waals surface area contributed by atoms with Gasteiger partial charge >= 0.3 is 0 Å². The first kappa shape index (κ1) is 18.2. The lowest BCUT2D eigenvalue weighted by Gasteiger charge is -2.09. The second-order valence-electron chi connectivity index (χ2n) is 5.07. The molecular weight excluding hydrogens is 322 g/mol. The first-order valence-corrected chi connectivity index (χ1v) is 7.53. The largest absolute Gasteiger partial charge is 0.497 e. The molecule has 0 aromatic heterocycles. The van der Waals surface area contributed by atoms with Gasteiger partial charge in [-0.2, -0.15) is 0 Å². The molecule has 132 valence electrons. The third-order valence-electron chi connectivity index (χ3n) is 3.42. The van der Waals surface area contributed by atoms with Crippen molar-refractivity contribution in [3.8, 4) is 23.0 Å². The standard InChI is InChI=1S/C19H21NO5/c1-22-15-7-13(8-16(11-15)23-2)5-6-19(21)20-14-9-17(24-3)12-18(10-14)25-4/h5-12H,1-4H3,(H,20,21). The Hall–Kier alpha value is -3.15. The van der Waals surface area contributed by atoms with E-state index in [9.17, 15) is 4.79 Å². The molecule has 0 fully saturated rings. The van der Waals surface area contributed by atoms with Crippen molar-refractivity contribution >= 4 is 17.7 Å². The first-order valence-electron chi connectivity index (χ1n) is 7.53. The van der Waals surface area contributed by atoms with E-state index in [2.05, 4.69) is 5.32 Å². The smallest absolute Gasteiger partial charge is 0.248 e. The summed E-state index contributed by atoms with van der Waals surface area (Å²) >= 11 is 0. The van der Waals surface area contributed by atoms with Gasteiger partial charge in [0.15, 0.2) is 0 Å². The molecule has 0 saturated carbocycles. The number of anilines is 1. The van der Waals surface area contributed by atoms with E-state index in [0.717, 1.165) is 5.56 Å². The first-order chi connectivity index (χ1) is 12.1. The van der Waals surface area contributed by atoms with Crippen molar-refractivity contribution in [3.63, 3.8) is 0 Å². The predicted octanol–water partition coefficient (Wildman–Crippen LogP) is 3.37. The molecule has 6 heteroatoms. The third kappa shape index (κ3) is 5.17. The van der Waals surface area contributed by atoms with Crippen LogP contribution < -0.4 is 24.3 Å². The number of amides is 1. The van der Waals surface area contributed by atoms with Gasteiger partial charge in [-0.05, 0) is 23.8 Å². The minimum Gasteiger partial charge on any atom is -0.497 e. The molecule has 0 saturated heterocycles. The van der Waals surface area contributed by atoms with Crippen LogP contribution in [0, 0.1) is 0 Å². The average molecular weight is 343 g/mol. The summed E-state index contributed by atoms with van der Waals surface area (Å²) in [4.78, 5) is 12.2. The SMILES string of the molecule is COc1cc(C=CC(=O)Nc2cc(OC)cc(OC)c2)cc(OC)c1. The lowest BCUT2D eigenvalue weighted by molar-refractivity contribution is -0.111. The molecule has 0 unspecified atom stereocenters. The third-order valence-corrected chi connectivity index (χ3v) is 3.42. The zero-order chi connectivity index (χ0) is 18.2. The molecule has 0 aliphatic heterocycles. The zero-order valence-corrected chi connectivity index (χ0v) is 14.7. The van der Waals surface area contributed by atoms with Crippen LogP contribution in [0.4, 0.5) is 5.69 Å². The fourth-order valence-corrected chi connectivity index (χ4v) is 2.16. The highest BCUT2D eigenvalue weighted by molar-refractivity contribution is 6.02. The van der Waals surface area contributed by atoms with Crippen LogP contribution in [0.3, 0.4) is 0 Å². The Labute approximate surface area is 147 Å². The molecule has 0 radical (unpaired) electrons. The van der Waals surface area contributed by atoms with Crippen LogP contribution in [-0.2, 0) is 4.79 Å². The molecule has 2 rings (SSSR count). The van der Waals surface area contributed by atoms with Gasteiger partial charge in [-0.3, -0.25) is 4.79 Å². The highest BCUT2D eigenvalue weighted by atomic mass is 16.5. The van der Waals surface area contributed by atoms with E-state index in [1.54, 1.807) is 70.9 Å². The van der Waals surface area contributed by atoms with E-state index in [1.807, 2.05) is 0 Å². The van der Waals surface area contributed by atoms with Crippen molar-refractivity contribution in [2.24, 2.45) is 0 Å². The topological polar surface area (TPSA) is 66.0 Å². The lowest BCUT2D eigenvalue weighted by atomic mass is 10.2. The van der Waals surface area contributed by atoms with Gasteiger partial charge in [0.1, 0.15) is 23.0 Å². The van der Waals surface area contributed by atoms with Gasteiger partial charge in [0.05, 0.1) is 28.4 Å². The molecule has 0 aliphatic rings. The summed E-state index contributed by atoms with van der Waals surface area (Å²) in [6, 6.07) is 10.5. The molecule has 2 aromatic rings. The number of rotatable bonds is 7. The molecule has 25 heavy (non-hydrogen) atoms. The zero-order valence-electron chi connectivity index (χ0n) is 14.7. The molecule has 0 heterocycles. The van der Waals surface area contributed by atoms with Crippen LogP contribution in [0.5, 0.6) is 23.0 Å². The molecule has 0 aliphatic carbocycles. The minimum atomic E-state index is -0.280. The maximum Gasteiger partial charge on any atom is 0.248 e. The summed E-state index contributed by atoms with van der Waals surface area (Å²) in [6.45, 7) is 0. The molecule has 0 bridgehead atoms. The summed E-state index contributed by atoms with van der Waals surface area (Å²) in [5.74, 6) is 2.21. The molecule has 0 atom stereocenters. The second-order valence-corrected chi connectivity index (χ2v) is 5.07. The summed E-state index contributed by atoms with van der Waals surface area (Å²) in [6.07, 6.45) is 3.11. The van der Waals surface area contributed by atoms with E-state index in [4.69, 9.17) is 18.9 Å². The van der Waals surface area contributed by atoms with Crippen LogP contribution in [0.1, 0.15) is 5.56 Å². The fraction of sp³-hybridized carbons (Fsp3) is 0.211. The van der Waals surface area contributed by atoms with E-state index >= 15 is 0 Å². The number of hydrogen-bond donors (Lipinski definition) is 1. The van der Waals surface area contributed by atoms with Crippen LogP contribution in [-0.4, -0.2) is 34.3 Å². The Kier molecular flexibility index (Phi) is 6.28. The van der Waals surface area contributed by atoms with Crippen molar-refractivity contribution in [2.45, 2.75) is 0 Å². The predicted molar refractivity (Wildman–Crippen MR) is 96.8 cm³/mol. The normalized spacial score (nSPS) is 10.4. The van der Waals surface area contributed by atoms with Gasteiger partial charge in [-0.1, -0.05) is 0 Å². The molecule has 1 N–H and O–H groups in total. The fourth-order valence-electron chi connectivity index (χ4n) is 2.16. The number of ether oxygens (including phenoxy) is 4. The van der Waals surface area contributed by atoms with Gasteiger partial charge in [0, 0.05) is 36.0 Å². The van der Waals surface area contributed by atoms with Crippen LogP contribution in [0.15, 0.2) is 42.5 Å². The number of nitrogens with one attached hydrogen (secondary N) is 1. The average Bonchev–Trinajstić information content (AvgIpc) is 2.65. The van der Waals surface area contributed by atoms with Gasteiger partial charge < -0.3 is 24.3 Å². The van der Waals surface area contributed by atoms with Crippen molar-refractivity contribution in [2.75, 3.05) is 33.8 Å². The van der Waals surface area contributed by atoms with Crippen molar-refractivity contribution in [1.82, 2.24) is 0 Å². The van der Waals surface area contributed by atoms with Crippen molar-refractivity contribution in [1.29, 1.82) is 0 Å². The van der Waals surface area contributed by atoms with Crippen LogP contribution >= 0.6 is 0 Å². The molecule has 2 aromatic carbocycles. The van der Waals surface area contributed by atoms with Crippen LogP contribution in [0.2, 0.25) is 0 Å². The van der Waals surface area contributed by atoms with Crippen LogP contribution in [0.25, 0.3) is 6.08 Å². The molecular formula is C19H21NO5. The Morgan fingerprint density at radius 1 is 0.760 bits per heavy atom. The van der Waals surface area contributed by atoms with Gasteiger partial charge in [-0.25, -0.2) is 0 Å². The summed E-state index contributed by atoms with van der Waals surface area (Å²) < 4.78 is 20.8. The maximum absolute atomic E-state index is 12.2. The summed E-state index contributed by atoms with van der Waals surface area (Å²) in [5.41, 5.74) is 1.36. The van der Waals surface area contributed by atoms with E-state index in [1.165, 1.54) is 6.08 Å². The van der Waals surface area contributed by atoms with E-state index < -0.39 is 0 Å². The van der Waals surface area contributed by atoms with Gasteiger partial charge in [-0.15, -0.1) is 0 Å². The van der Waals surface area contributed by atoms with E-state index in [-0.39, 0.29) is 5.91 Å². The monoisotopic (exact) mass is 343 g/mol. The van der Waals surface area contributed by atoms with E-state index in [0.29, 0.717) is 28.7 Å².